The fourth-order valence-corrected chi connectivity index (χ4v) is 1.22. The normalized spacial score (nSPS) is 10.4. The number of rotatable bonds is 3. The molecule has 3 heteroatoms. The van der Waals surface area contributed by atoms with Crippen molar-refractivity contribution in [1.29, 1.82) is 0 Å². The summed E-state index contributed by atoms with van der Waals surface area (Å²) in [6.45, 7) is 0. The quantitative estimate of drug-likeness (QED) is 0.696. The molecule has 1 rings (SSSR count). The lowest BCUT2D eigenvalue weighted by atomic mass is 10.2. The maximum atomic E-state index is 6.01. The van der Waals surface area contributed by atoms with Gasteiger partial charge in [-0.3, -0.25) is 0 Å². The molecule has 70 valence electrons. The molecule has 0 saturated carbocycles. The van der Waals surface area contributed by atoms with Gasteiger partial charge in [-0.25, -0.2) is 0 Å². The van der Waals surface area contributed by atoms with Crippen molar-refractivity contribution in [2.24, 2.45) is 0 Å². The molecule has 2 nitrogen and oxygen atoms in total. The highest BCUT2D eigenvalue weighted by molar-refractivity contribution is 6.33. The van der Waals surface area contributed by atoms with E-state index >= 15 is 0 Å². The summed E-state index contributed by atoms with van der Waals surface area (Å²) < 4.78 is 9.85. The maximum Gasteiger partial charge on any atom is 0.138 e. The Kier molecular flexibility index (Phi) is 3.65. The van der Waals surface area contributed by atoms with Crippen LogP contribution >= 0.6 is 11.6 Å². The molecule has 0 aliphatic heterocycles. The lowest BCUT2D eigenvalue weighted by Crippen LogP contribution is -1.85. The lowest BCUT2D eigenvalue weighted by Gasteiger charge is -2.04. The lowest BCUT2D eigenvalue weighted by molar-refractivity contribution is 0.341. The topological polar surface area (TPSA) is 18.5 Å². The Morgan fingerprint density at radius 1 is 1.31 bits per heavy atom. The van der Waals surface area contributed by atoms with Gasteiger partial charge in [-0.05, 0) is 17.7 Å². The second kappa shape index (κ2) is 4.77. The number of hydrogen-bond donors (Lipinski definition) is 0. The molecule has 0 saturated heterocycles. The van der Waals surface area contributed by atoms with Gasteiger partial charge in [0.2, 0.25) is 0 Å². The van der Waals surface area contributed by atoms with E-state index in [0.717, 1.165) is 5.56 Å². The molecule has 0 aliphatic carbocycles. The monoisotopic (exact) mass is 198 g/mol. The molecule has 0 fully saturated rings. The first kappa shape index (κ1) is 9.93. The first-order chi connectivity index (χ1) is 6.29. The summed E-state index contributed by atoms with van der Waals surface area (Å²) >= 11 is 6.01. The fourth-order valence-electron chi connectivity index (χ4n) is 0.955. The standard InChI is InChI=1S/C10H11ClO2/c1-12-7-6-8-4-3-5-9(13-2)10(8)11/h3-7H,1-2H3. The van der Waals surface area contributed by atoms with Crippen LogP contribution in [0, 0.1) is 0 Å². The molecule has 1 aromatic rings. The maximum absolute atomic E-state index is 6.01. The number of methoxy groups -OCH3 is 2. The Bertz CT molecular complexity index is 308. The highest BCUT2D eigenvalue weighted by atomic mass is 35.5. The van der Waals surface area contributed by atoms with Gasteiger partial charge in [0.1, 0.15) is 5.75 Å². The SMILES string of the molecule is COC=Cc1cccc(OC)c1Cl. The summed E-state index contributed by atoms with van der Waals surface area (Å²) in [6.07, 6.45) is 3.35. The second-order valence-electron chi connectivity index (χ2n) is 2.40. The van der Waals surface area contributed by atoms with Crippen LogP contribution in [0.2, 0.25) is 5.02 Å². The fraction of sp³-hybridized carbons (Fsp3) is 0.200. The van der Waals surface area contributed by atoms with Crippen LogP contribution in [-0.2, 0) is 4.74 Å². The number of halogens is 1. The molecule has 0 heterocycles. The molecule has 0 radical (unpaired) electrons. The molecule has 0 N–H and O–H groups in total. The van der Waals surface area contributed by atoms with Crippen LogP contribution in [0.4, 0.5) is 0 Å². The van der Waals surface area contributed by atoms with Crippen LogP contribution < -0.4 is 4.74 Å². The predicted octanol–water partition coefficient (Wildman–Crippen LogP) is 2.97. The summed E-state index contributed by atoms with van der Waals surface area (Å²) in [7, 11) is 3.18. The summed E-state index contributed by atoms with van der Waals surface area (Å²) in [6, 6.07) is 5.58. The molecular formula is C10H11ClO2. The van der Waals surface area contributed by atoms with Gasteiger partial charge in [0.15, 0.2) is 0 Å². The van der Waals surface area contributed by atoms with E-state index in [1.54, 1.807) is 26.6 Å². The van der Waals surface area contributed by atoms with Gasteiger partial charge in [0.05, 0.1) is 25.5 Å². The van der Waals surface area contributed by atoms with Crippen LogP contribution in [0.1, 0.15) is 5.56 Å². The molecule has 0 spiro atoms. The third kappa shape index (κ3) is 2.39. The van der Waals surface area contributed by atoms with Crippen molar-refractivity contribution in [2.45, 2.75) is 0 Å². The van der Waals surface area contributed by atoms with Gasteiger partial charge in [-0.2, -0.15) is 0 Å². The Morgan fingerprint density at radius 2 is 2.08 bits per heavy atom. The third-order valence-corrected chi connectivity index (χ3v) is 2.00. The van der Waals surface area contributed by atoms with E-state index in [2.05, 4.69) is 0 Å². The minimum atomic E-state index is 0.596. The number of hydrogen-bond acceptors (Lipinski definition) is 2. The Labute approximate surface area is 82.7 Å². The van der Waals surface area contributed by atoms with Crippen molar-refractivity contribution in [1.82, 2.24) is 0 Å². The molecule has 1 aromatic carbocycles. The van der Waals surface area contributed by atoms with E-state index in [1.165, 1.54) is 0 Å². The molecule has 0 unspecified atom stereocenters. The Balaban J connectivity index is 3.01. The van der Waals surface area contributed by atoms with Crippen LogP contribution in [0.15, 0.2) is 24.5 Å². The zero-order valence-corrected chi connectivity index (χ0v) is 8.34. The second-order valence-corrected chi connectivity index (χ2v) is 2.78. The summed E-state index contributed by atoms with van der Waals surface area (Å²) in [5.41, 5.74) is 0.878. The minimum Gasteiger partial charge on any atom is -0.504 e. The molecule has 0 amide bonds. The Morgan fingerprint density at radius 3 is 2.69 bits per heavy atom. The molecule has 0 aliphatic rings. The van der Waals surface area contributed by atoms with E-state index in [-0.39, 0.29) is 0 Å². The zero-order chi connectivity index (χ0) is 9.68. The molecule has 0 aromatic heterocycles. The van der Waals surface area contributed by atoms with Gasteiger partial charge in [0.25, 0.3) is 0 Å². The van der Waals surface area contributed by atoms with Crippen molar-refractivity contribution in [2.75, 3.05) is 14.2 Å². The van der Waals surface area contributed by atoms with Crippen molar-refractivity contribution in [3.63, 3.8) is 0 Å². The number of benzene rings is 1. The average Bonchev–Trinajstić information content (AvgIpc) is 2.16. The minimum absolute atomic E-state index is 0.596. The largest absolute Gasteiger partial charge is 0.504 e. The van der Waals surface area contributed by atoms with Crippen molar-refractivity contribution >= 4 is 17.7 Å². The van der Waals surface area contributed by atoms with E-state index in [9.17, 15) is 0 Å². The van der Waals surface area contributed by atoms with Crippen LogP contribution in [0.5, 0.6) is 5.75 Å². The third-order valence-electron chi connectivity index (χ3n) is 1.60. The first-order valence-electron chi connectivity index (χ1n) is 3.81. The number of ether oxygens (including phenoxy) is 2. The van der Waals surface area contributed by atoms with Crippen LogP contribution in [0.25, 0.3) is 6.08 Å². The average molecular weight is 199 g/mol. The summed E-state index contributed by atoms with van der Waals surface area (Å²) in [5, 5.41) is 0.596. The van der Waals surface area contributed by atoms with E-state index in [4.69, 9.17) is 21.1 Å². The van der Waals surface area contributed by atoms with Crippen LogP contribution in [0.3, 0.4) is 0 Å². The van der Waals surface area contributed by atoms with Gasteiger partial charge in [-0.15, -0.1) is 0 Å². The molecule has 0 bridgehead atoms. The van der Waals surface area contributed by atoms with E-state index < -0.39 is 0 Å². The summed E-state index contributed by atoms with van der Waals surface area (Å²) in [5.74, 6) is 0.667. The first-order valence-corrected chi connectivity index (χ1v) is 4.19. The van der Waals surface area contributed by atoms with Crippen molar-refractivity contribution < 1.29 is 9.47 Å². The Hall–Kier alpha value is -1.15. The van der Waals surface area contributed by atoms with E-state index in [1.807, 2.05) is 18.2 Å². The van der Waals surface area contributed by atoms with E-state index in [0.29, 0.717) is 10.8 Å². The van der Waals surface area contributed by atoms with Gasteiger partial charge in [-0.1, -0.05) is 23.7 Å². The zero-order valence-electron chi connectivity index (χ0n) is 7.58. The molecule has 13 heavy (non-hydrogen) atoms. The van der Waals surface area contributed by atoms with Gasteiger partial charge in [0, 0.05) is 0 Å². The summed E-state index contributed by atoms with van der Waals surface area (Å²) in [4.78, 5) is 0. The smallest absolute Gasteiger partial charge is 0.138 e. The van der Waals surface area contributed by atoms with Gasteiger partial charge >= 0.3 is 0 Å². The van der Waals surface area contributed by atoms with Crippen LogP contribution in [-0.4, -0.2) is 14.2 Å². The van der Waals surface area contributed by atoms with Crippen molar-refractivity contribution in [3.05, 3.63) is 35.0 Å². The van der Waals surface area contributed by atoms with Crippen molar-refractivity contribution in [3.8, 4) is 5.75 Å². The highest BCUT2D eigenvalue weighted by Gasteiger charge is 2.02. The highest BCUT2D eigenvalue weighted by Crippen LogP contribution is 2.28. The predicted molar refractivity (Wildman–Crippen MR) is 54.0 cm³/mol. The molecule has 0 atom stereocenters. The molecular weight excluding hydrogens is 188 g/mol. The van der Waals surface area contributed by atoms with Gasteiger partial charge < -0.3 is 9.47 Å².